The summed E-state index contributed by atoms with van der Waals surface area (Å²) in [4.78, 5) is 27.7. The predicted octanol–water partition coefficient (Wildman–Crippen LogP) is 6.21. The lowest BCUT2D eigenvalue weighted by Gasteiger charge is -2.36. The minimum Gasteiger partial charge on any atom is -0.462 e. The Morgan fingerprint density at radius 2 is 2.09 bits per heavy atom. The highest BCUT2D eigenvalue weighted by molar-refractivity contribution is 9.10. The van der Waals surface area contributed by atoms with Crippen molar-refractivity contribution in [1.82, 2.24) is 5.32 Å². The quantitative estimate of drug-likeness (QED) is 0.479. The van der Waals surface area contributed by atoms with Crippen molar-refractivity contribution >= 4 is 39.0 Å². The molecule has 2 atom stereocenters. The number of nitrogens with one attached hydrogen (secondary N) is 1. The number of dihydropyridines is 1. The van der Waals surface area contributed by atoms with Gasteiger partial charge in [0.05, 0.1) is 18.1 Å². The van der Waals surface area contributed by atoms with E-state index in [0.717, 1.165) is 10.6 Å². The number of carbonyl (C=O) groups excluding carboxylic acids is 2. The van der Waals surface area contributed by atoms with Crippen LogP contribution in [0.1, 0.15) is 55.9 Å². The van der Waals surface area contributed by atoms with Gasteiger partial charge in [0, 0.05) is 44.2 Å². The van der Waals surface area contributed by atoms with Gasteiger partial charge < -0.3 is 10.1 Å². The number of hydrogen-bond acceptors (Lipinski definition) is 5. The van der Waals surface area contributed by atoms with Gasteiger partial charge in [0.25, 0.3) is 0 Å². The molecule has 2 aromatic rings. The first-order chi connectivity index (χ1) is 15.3. The fourth-order valence-corrected chi connectivity index (χ4v) is 5.61. The Kier molecular flexibility index (Phi) is 6.67. The van der Waals surface area contributed by atoms with Crippen LogP contribution < -0.4 is 5.32 Å². The summed E-state index contributed by atoms with van der Waals surface area (Å²) in [6, 6.07) is 8.64. The summed E-state index contributed by atoms with van der Waals surface area (Å²) in [5.74, 6) is -1.61. The monoisotopic (exact) mass is 517 g/mol. The van der Waals surface area contributed by atoms with E-state index in [0.29, 0.717) is 39.7 Å². The summed E-state index contributed by atoms with van der Waals surface area (Å²) < 4.78 is 21.3. The fraction of sp³-hybridized carbons (Fsp3) is 0.360. The summed E-state index contributed by atoms with van der Waals surface area (Å²) in [7, 11) is 0. The molecule has 1 aliphatic carbocycles. The lowest BCUT2D eigenvalue weighted by molar-refractivity contribution is -0.140. The van der Waals surface area contributed by atoms with E-state index in [1.807, 2.05) is 31.4 Å². The predicted molar refractivity (Wildman–Crippen MR) is 127 cm³/mol. The molecular weight excluding hydrogens is 493 g/mol. The molecule has 2 heterocycles. The van der Waals surface area contributed by atoms with Gasteiger partial charge in [-0.1, -0.05) is 35.8 Å². The second-order valence-electron chi connectivity index (χ2n) is 8.69. The zero-order valence-electron chi connectivity index (χ0n) is 18.2. The summed E-state index contributed by atoms with van der Waals surface area (Å²) in [5, 5.41) is 5.31. The molecule has 1 N–H and O–H groups in total. The number of thiophene rings is 1. The molecular formula is C25H25BrFNO3S. The van der Waals surface area contributed by atoms with E-state index in [-0.39, 0.29) is 24.2 Å². The number of carbonyl (C=O) groups is 2. The zero-order valence-corrected chi connectivity index (χ0v) is 20.6. The number of allylic oxidation sites excluding steroid dienone is 3. The number of ether oxygens (including phenoxy) is 1. The zero-order chi connectivity index (χ0) is 23.0. The van der Waals surface area contributed by atoms with Crippen LogP contribution in [0.2, 0.25) is 0 Å². The van der Waals surface area contributed by atoms with Crippen LogP contribution in [0.3, 0.4) is 0 Å². The van der Waals surface area contributed by atoms with E-state index in [4.69, 9.17) is 4.74 Å². The first-order valence-corrected chi connectivity index (χ1v) is 12.3. The highest BCUT2D eigenvalue weighted by atomic mass is 79.9. The third-order valence-corrected chi connectivity index (χ3v) is 7.34. The minimum atomic E-state index is -0.805. The molecule has 1 aliphatic heterocycles. The molecule has 0 saturated heterocycles. The molecule has 1 aromatic carbocycles. The Morgan fingerprint density at radius 1 is 1.31 bits per heavy atom. The van der Waals surface area contributed by atoms with Crippen LogP contribution in [0.15, 0.2) is 62.7 Å². The molecule has 4 nitrogen and oxygen atoms in total. The van der Waals surface area contributed by atoms with E-state index < -0.39 is 17.7 Å². The maximum atomic E-state index is 15.1. The first kappa shape index (κ1) is 22.9. The average Bonchev–Trinajstić information content (AvgIpc) is 3.27. The minimum absolute atomic E-state index is 0.0665. The molecule has 168 valence electrons. The second-order valence-corrected chi connectivity index (χ2v) is 10.6. The smallest absolute Gasteiger partial charge is 0.336 e. The van der Waals surface area contributed by atoms with Crippen LogP contribution in [0.5, 0.6) is 0 Å². The number of rotatable bonds is 5. The lowest BCUT2D eigenvalue weighted by atomic mass is 9.72. The van der Waals surface area contributed by atoms with Gasteiger partial charge in [-0.3, -0.25) is 4.79 Å². The number of esters is 1. The van der Waals surface area contributed by atoms with Crippen LogP contribution in [0, 0.1) is 11.7 Å². The third kappa shape index (κ3) is 4.46. The maximum Gasteiger partial charge on any atom is 0.336 e. The summed E-state index contributed by atoms with van der Waals surface area (Å²) in [6.45, 7) is 5.95. The molecule has 0 unspecified atom stereocenters. The van der Waals surface area contributed by atoms with Crippen LogP contribution >= 0.6 is 27.3 Å². The van der Waals surface area contributed by atoms with Gasteiger partial charge in [0.15, 0.2) is 5.78 Å². The first-order valence-electron chi connectivity index (χ1n) is 10.7. The van der Waals surface area contributed by atoms with Crippen LogP contribution in [-0.2, 0) is 14.3 Å². The highest BCUT2D eigenvalue weighted by Gasteiger charge is 2.42. The van der Waals surface area contributed by atoms with Crippen molar-refractivity contribution in [3.8, 4) is 0 Å². The van der Waals surface area contributed by atoms with Crippen LogP contribution in [-0.4, -0.2) is 18.4 Å². The molecule has 0 fully saturated rings. The van der Waals surface area contributed by atoms with Crippen molar-refractivity contribution in [2.45, 2.75) is 45.4 Å². The van der Waals surface area contributed by atoms with Crippen molar-refractivity contribution in [2.24, 2.45) is 5.92 Å². The van der Waals surface area contributed by atoms with Gasteiger partial charge in [-0.15, -0.1) is 11.3 Å². The Bertz CT molecular complexity index is 1120. The Morgan fingerprint density at radius 3 is 2.78 bits per heavy atom. The van der Waals surface area contributed by atoms with E-state index in [9.17, 15) is 9.59 Å². The number of ketones is 1. The van der Waals surface area contributed by atoms with Crippen molar-refractivity contribution in [3.63, 3.8) is 0 Å². The molecule has 1 aromatic heterocycles. The normalized spacial score (nSPS) is 21.0. The Labute approximate surface area is 199 Å². The van der Waals surface area contributed by atoms with Gasteiger partial charge in [-0.25, -0.2) is 9.18 Å². The summed E-state index contributed by atoms with van der Waals surface area (Å²) in [6.07, 6.45) is 0.972. The standard InChI is InChI=1S/C25H25BrFNO3S/c1-13(2)12-31-25(30)22-14(3)28-19-9-15(21-5-4-8-32-21)10-20(29)24(19)23(22)17-11-16(26)6-7-18(17)27/h4-8,11,13,15,23,28H,9-10,12H2,1-3H3/t15-,23+/m0/s1. The van der Waals surface area contributed by atoms with Gasteiger partial charge >= 0.3 is 5.97 Å². The summed E-state index contributed by atoms with van der Waals surface area (Å²) in [5.41, 5.74) is 2.43. The molecule has 2 aliphatic rings. The van der Waals surface area contributed by atoms with Crippen molar-refractivity contribution in [3.05, 3.63) is 79.0 Å². The number of hydrogen-bond donors (Lipinski definition) is 1. The largest absolute Gasteiger partial charge is 0.462 e. The molecule has 0 radical (unpaired) electrons. The van der Waals surface area contributed by atoms with Crippen LogP contribution in [0.4, 0.5) is 4.39 Å². The number of Topliss-reactive ketones (excluding diaryl/α,β-unsaturated/α-hetero) is 1. The summed E-state index contributed by atoms with van der Waals surface area (Å²) >= 11 is 5.04. The molecule has 0 amide bonds. The van der Waals surface area contributed by atoms with E-state index in [2.05, 4.69) is 21.2 Å². The highest BCUT2D eigenvalue weighted by Crippen LogP contribution is 2.47. The van der Waals surface area contributed by atoms with Gasteiger partial charge in [-0.05, 0) is 48.9 Å². The Hall–Kier alpha value is -2.25. The Balaban J connectivity index is 1.81. The van der Waals surface area contributed by atoms with E-state index in [1.165, 1.54) is 6.07 Å². The molecule has 0 bridgehead atoms. The molecule has 4 rings (SSSR count). The fourth-order valence-electron chi connectivity index (χ4n) is 4.40. The lowest BCUT2D eigenvalue weighted by Crippen LogP contribution is -2.36. The van der Waals surface area contributed by atoms with Crippen molar-refractivity contribution in [1.29, 1.82) is 0 Å². The van der Waals surface area contributed by atoms with E-state index >= 15 is 4.39 Å². The topological polar surface area (TPSA) is 55.4 Å². The maximum absolute atomic E-state index is 15.1. The van der Waals surface area contributed by atoms with Crippen molar-refractivity contribution < 1.29 is 18.7 Å². The molecule has 32 heavy (non-hydrogen) atoms. The SMILES string of the molecule is CC1=C(C(=O)OCC(C)C)[C@@H](c2cc(Br)ccc2F)C2=C(C[C@H](c3cccs3)CC2=O)N1. The second kappa shape index (κ2) is 9.32. The van der Waals surface area contributed by atoms with Gasteiger partial charge in [0.1, 0.15) is 5.82 Å². The number of benzene rings is 1. The van der Waals surface area contributed by atoms with Crippen molar-refractivity contribution in [2.75, 3.05) is 6.61 Å². The molecule has 0 saturated carbocycles. The molecule has 0 spiro atoms. The van der Waals surface area contributed by atoms with Gasteiger partial charge in [0.2, 0.25) is 0 Å². The number of halogens is 2. The van der Waals surface area contributed by atoms with Gasteiger partial charge in [-0.2, -0.15) is 0 Å². The average molecular weight is 518 g/mol. The third-order valence-electron chi connectivity index (χ3n) is 5.81. The van der Waals surface area contributed by atoms with Crippen LogP contribution in [0.25, 0.3) is 0 Å². The molecule has 7 heteroatoms. The van der Waals surface area contributed by atoms with E-state index in [1.54, 1.807) is 30.4 Å².